The van der Waals surface area contributed by atoms with Gasteiger partial charge >= 0.3 is 5.97 Å². The van der Waals surface area contributed by atoms with Gasteiger partial charge in [0.15, 0.2) is 0 Å². The highest BCUT2D eigenvalue weighted by Gasteiger charge is 2.17. The van der Waals surface area contributed by atoms with E-state index in [9.17, 15) is 4.79 Å². The Balaban J connectivity index is 1.96. The lowest BCUT2D eigenvalue weighted by molar-refractivity contribution is -0.140. The molecule has 0 saturated carbocycles. The first kappa shape index (κ1) is 16.6. The van der Waals surface area contributed by atoms with Crippen molar-refractivity contribution in [1.82, 2.24) is 4.57 Å². The summed E-state index contributed by atoms with van der Waals surface area (Å²) in [5.41, 5.74) is 4.22. The van der Waals surface area contributed by atoms with Crippen molar-refractivity contribution in [2.45, 2.75) is 6.92 Å². The molecule has 4 rings (SSSR count). The molecule has 0 aliphatic rings. The van der Waals surface area contributed by atoms with Gasteiger partial charge in [-0.25, -0.2) is 4.79 Å². The Hall–Kier alpha value is -3.84. The molecule has 1 heterocycles. The Morgan fingerprint density at radius 1 is 1.00 bits per heavy atom. The Labute approximate surface area is 157 Å². The number of fused-ring (bicyclic) bond motifs is 1. The molecule has 4 aromatic rings. The van der Waals surface area contributed by atoms with Crippen LogP contribution in [0, 0.1) is 12.1 Å². The lowest BCUT2D eigenvalue weighted by atomic mass is 10.0. The van der Waals surface area contributed by atoms with Gasteiger partial charge in [-0.15, -0.1) is 0 Å². The van der Waals surface area contributed by atoms with E-state index in [0.717, 1.165) is 27.7 Å². The van der Waals surface area contributed by atoms with E-state index in [1.165, 1.54) is 6.92 Å². The van der Waals surface area contributed by atoms with Crippen LogP contribution in [-0.2, 0) is 9.63 Å². The quantitative estimate of drug-likeness (QED) is 0.307. The second kappa shape index (κ2) is 7.19. The predicted molar refractivity (Wildman–Crippen MR) is 105 cm³/mol. The van der Waals surface area contributed by atoms with Gasteiger partial charge in [-0.1, -0.05) is 65.8 Å². The monoisotopic (exact) mass is 352 g/mol. The van der Waals surface area contributed by atoms with Gasteiger partial charge in [0.1, 0.15) is 5.71 Å². The number of rotatable bonds is 4. The van der Waals surface area contributed by atoms with Gasteiger partial charge in [0.05, 0.1) is 11.2 Å². The number of para-hydroxylation sites is 1. The molecule has 27 heavy (non-hydrogen) atoms. The van der Waals surface area contributed by atoms with Gasteiger partial charge in [-0.2, -0.15) is 0 Å². The number of benzene rings is 2. The fourth-order valence-corrected chi connectivity index (χ4v) is 3.02. The van der Waals surface area contributed by atoms with Crippen LogP contribution in [0.1, 0.15) is 18.1 Å². The summed E-state index contributed by atoms with van der Waals surface area (Å²) in [4.78, 5) is 16.4. The van der Waals surface area contributed by atoms with Crippen LogP contribution in [-0.4, -0.2) is 16.2 Å². The number of hydrogen-bond acceptors (Lipinski definition) is 3. The van der Waals surface area contributed by atoms with E-state index in [1.807, 2.05) is 83.6 Å². The Morgan fingerprint density at radius 2 is 1.78 bits per heavy atom. The van der Waals surface area contributed by atoms with Crippen molar-refractivity contribution in [2.24, 2.45) is 5.16 Å². The second-order valence-corrected chi connectivity index (χ2v) is 6.00. The molecule has 1 aromatic heterocycles. The third-order valence-electron chi connectivity index (χ3n) is 4.17. The van der Waals surface area contributed by atoms with Crippen LogP contribution in [0.5, 0.6) is 0 Å². The molecule has 0 N–H and O–H groups in total. The predicted octanol–water partition coefficient (Wildman–Crippen LogP) is 4.55. The van der Waals surface area contributed by atoms with Crippen LogP contribution in [0.25, 0.3) is 16.6 Å². The number of nitrogens with zero attached hydrogens (tertiary/aromatic N) is 2. The molecule has 0 fully saturated rings. The summed E-state index contributed by atoms with van der Waals surface area (Å²) >= 11 is 0. The number of aromatic nitrogens is 1. The van der Waals surface area contributed by atoms with Crippen LogP contribution < -0.4 is 0 Å². The van der Waals surface area contributed by atoms with E-state index in [4.69, 9.17) is 4.84 Å². The molecule has 130 valence electrons. The van der Waals surface area contributed by atoms with Gasteiger partial charge in [0.25, 0.3) is 0 Å². The van der Waals surface area contributed by atoms with Gasteiger partial charge in [0, 0.05) is 29.6 Å². The normalized spacial score (nSPS) is 11.2. The summed E-state index contributed by atoms with van der Waals surface area (Å²) in [5, 5.41) is 5.16. The lowest BCUT2D eigenvalue weighted by Crippen LogP contribution is -2.05. The lowest BCUT2D eigenvalue weighted by Gasteiger charge is -2.05. The van der Waals surface area contributed by atoms with E-state index >= 15 is 0 Å². The maximum atomic E-state index is 11.4. The van der Waals surface area contributed by atoms with Crippen LogP contribution in [0.3, 0.4) is 0 Å². The minimum absolute atomic E-state index is 0.460. The van der Waals surface area contributed by atoms with E-state index in [-0.39, 0.29) is 0 Å². The molecule has 3 aromatic carbocycles. The zero-order chi connectivity index (χ0) is 18.6. The van der Waals surface area contributed by atoms with Crippen molar-refractivity contribution in [1.29, 1.82) is 0 Å². The topological polar surface area (TPSA) is 43.6 Å². The minimum atomic E-state index is -0.460. The van der Waals surface area contributed by atoms with Gasteiger partial charge in [0.2, 0.25) is 0 Å². The second-order valence-electron chi connectivity index (χ2n) is 6.00. The average molecular weight is 352 g/mol. The summed E-state index contributed by atoms with van der Waals surface area (Å²) in [7, 11) is 0. The van der Waals surface area contributed by atoms with Crippen molar-refractivity contribution >= 4 is 22.6 Å². The maximum absolute atomic E-state index is 11.4. The minimum Gasteiger partial charge on any atom is -0.318 e. The Morgan fingerprint density at radius 3 is 2.52 bits per heavy atom. The first-order valence-corrected chi connectivity index (χ1v) is 8.54. The largest absolute Gasteiger partial charge is 0.332 e. The molecule has 4 heteroatoms. The molecule has 0 bridgehead atoms. The van der Waals surface area contributed by atoms with Crippen LogP contribution in [0.2, 0.25) is 0 Å². The SMILES string of the molecule is CC(=O)O/N=C(\c1ccccc1)c1cn(-c2c#cccc2)c2ccccc12. The smallest absolute Gasteiger partial charge is 0.318 e. The molecule has 0 aliphatic carbocycles. The van der Waals surface area contributed by atoms with Crippen molar-refractivity contribution in [3.63, 3.8) is 0 Å². The first-order chi connectivity index (χ1) is 13.2. The van der Waals surface area contributed by atoms with Gasteiger partial charge in [-0.05, 0) is 24.3 Å². The fourth-order valence-electron chi connectivity index (χ4n) is 3.02. The Bertz CT molecular complexity index is 1110. The molecular weight excluding hydrogens is 336 g/mol. The van der Waals surface area contributed by atoms with Crippen molar-refractivity contribution in [2.75, 3.05) is 0 Å². The zero-order valence-corrected chi connectivity index (χ0v) is 14.7. The first-order valence-electron chi connectivity index (χ1n) is 8.54. The van der Waals surface area contributed by atoms with Crippen LogP contribution in [0.15, 0.2) is 84.1 Å². The van der Waals surface area contributed by atoms with Gasteiger partial charge < -0.3 is 9.40 Å². The molecule has 0 spiro atoms. The molecule has 0 radical (unpaired) electrons. The average Bonchev–Trinajstić information content (AvgIpc) is 3.09. The van der Waals surface area contributed by atoms with E-state index in [1.54, 1.807) is 0 Å². The molecular formula is C23H16N2O2. The standard InChI is InChI=1S/C23H16N2O2/c1-17(26)27-24-23(18-10-4-2-5-11-18)21-16-25(19-12-6-3-7-13-19)22-15-9-8-14-20(21)22/h2-6,8-12,14-16H,1H3/b24-23+. The van der Waals surface area contributed by atoms with Gasteiger partial charge in [-0.3, -0.25) is 0 Å². The summed E-state index contributed by atoms with van der Waals surface area (Å²) in [5.74, 6) is -0.460. The molecule has 0 amide bonds. The maximum Gasteiger partial charge on any atom is 0.332 e. The van der Waals surface area contributed by atoms with Crippen molar-refractivity contribution in [3.05, 3.63) is 102 Å². The van der Waals surface area contributed by atoms with E-state index in [0.29, 0.717) is 5.71 Å². The molecule has 0 aliphatic heterocycles. The molecule has 0 unspecified atom stereocenters. The summed E-state index contributed by atoms with van der Waals surface area (Å²) in [6.45, 7) is 1.34. The number of carbonyl (C=O) groups is 1. The fraction of sp³-hybridized carbons (Fsp3) is 0.0435. The zero-order valence-electron chi connectivity index (χ0n) is 14.7. The van der Waals surface area contributed by atoms with Crippen LogP contribution in [0.4, 0.5) is 0 Å². The summed E-state index contributed by atoms with van der Waals surface area (Å²) in [6, 6.07) is 29.5. The third kappa shape index (κ3) is 3.31. The highest BCUT2D eigenvalue weighted by atomic mass is 16.7. The van der Waals surface area contributed by atoms with E-state index < -0.39 is 5.97 Å². The van der Waals surface area contributed by atoms with E-state index in [2.05, 4.69) is 17.3 Å². The Kier molecular flexibility index (Phi) is 4.42. The third-order valence-corrected chi connectivity index (χ3v) is 4.17. The molecule has 0 atom stereocenters. The highest BCUT2D eigenvalue weighted by molar-refractivity contribution is 6.19. The molecule has 4 nitrogen and oxygen atoms in total. The number of hydrogen-bond donors (Lipinski definition) is 0. The van der Waals surface area contributed by atoms with Crippen molar-refractivity contribution < 1.29 is 9.63 Å². The summed E-state index contributed by atoms with van der Waals surface area (Å²) in [6.07, 6.45) is 1.99. The van der Waals surface area contributed by atoms with Crippen LogP contribution >= 0.6 is 0 Å². The van der Waals surface area contributed by atoms with Crippen molar-refractivity contribution in [3.8, 4) is 5.69 Å². The molecule has 0 saturated heterocycles. The number of oxime groups is 1. The highest BCUT2D eigenvalue weighted by Crippen LogP contribution is 2.27. The summed E-state index contributed by atoms with van der Waals surface area (Å²) < 4.78 is 2.04. The number of carbonyl (C=O) groups excluding carboxylic acids is 1.